The van der Waals surface area contributed by atoms with Crippen LogP contribution < -0.4 is 10.1 Å². The summed E-state index contributed by atoms with van der Waals surface area (Å²) in [5.41, 5.74) is 1.66. The van der Waals surface area contributed by atoms with Crippen molar-refractivity contribution in [3.8, 4) is 5.75 Å². The third-order valence-corrected chi connectivity index (χ3v) is 4.79. The van der Waals surface area contributed by atoms with Crippen LogP contribution in [-0.2, 0) is 20.9 Å². The van der Waals surface area contributed by atoms with E-state index < -0.39 is 11.9 Å². The highest BCUT2D eigenvalue weighted by molar-refractivity contribution is 8.18. The Morgan fingerprint density at radius 3 is 2.79 bits per heavy atom. The molecule has 1 heterocycles. The van der Waals surface area contributed by atoms with Crippen LogP contribution in [0.25, 0.3) is 0 Å². The number of amides is 1. The molecule has 7 nitrogen and oxygen atoms in total. The molecule has 1 fully saturated rings. The van der Waals surface area contributed by atoms with Gasteiger partial charge in [0, 0.05) is 16.7 Å². The molecule has 0 aromatic heterocycles. The zero-order chi connectivity index (χ0) is 20.6. The van der Waals surface area contributed by atoms with Crippen LogP contribution in [0.3, 0.4) is 0 Å². The lowest BCUT2D eigenvalue weighted by Gasteiger charge is -2.09. The quantitative estimate of drug-likeness (QED) is 0.328. The largest absolute Gasteiger partial charge is 0.488 e. The number of hydrogen-bond donors (Lipinski definition) is 1. The van der Waals surface area contributed by atoms with Crippen LogP contribution in [0.5, 0.6) is 5.75 Å². The van der Waals surface area contributed by atoms with Crippen molar-refractivity contribution in [1.82, 2.24) is 5.32 Å². The fourth-order valence-electron chi connectivity index (χ4n) is 2.27. The Hall–Kier alpha value is -3.10. The summed E-state index contributed by atoms with van der Waals surface area (Å²) in [6, 6.07) is 14.9. The summed E-state index contributed by atoms with van der Waals surface area (Å²) in [5.74, 6) is -0.466. The molecule has 148 valence electrons. The molecule has 0 saturated carbocycles. The van der Waals surface area contributed by atoms with E-state index in [9.17, 15) is 9.59 Å². The fraction of sp³-hybridized carbons (Fsp3) is 0.100. The van der Waals surface area contributed by atoms with Gasteiger partial charge in [-0.15, -0.1) is 5.10 Å². The average molecular weight is 430 g/mol. The second-order valence-corrected chi connectivity index (χ2v) is 7.16. The van der Waals surface area contributed by atoms with E-state index in [1.165, 1.54) is 13.3 Å². The van der Waals surface area contributed by atoms with Gasteiger partial charge < -0.3 is 9.47 Å². The molecule has 2 aromatic carbocycles. The topological polar surface area (TPSA) is 89.3 Å². The molecule has 3 rings (SSSR count). The van der Waals surface area contributed by atoms with Crippen LogP contribution in [-0.4, -0.2) is 30.4 Å². The molecule has 29 heavy (non-hydrogen) atoms. The number of methoxy groups -OCH3 is 1. The second kappa shape index (κ2) is 9.90. The van der Waals surface area contributed by atoms with Gasteiger partial charge >= 0.3 is 5.97 Å². The molecular weight excluding hydrogens is 414 g/mol. The summed E-state index contributed by atoms with van der Waals surface area (Å²) in [4.78, 5) is 23.3. The lowest BCUT2D eigenvalue weighted by Crippen LogP contribution is -2.19. The van der Waals surface area contributed by atoms with Crippen LogP contribution in [0, 0.1) is 0 Å². The van der Waals surface area contributed by atoms with Gasteiger partial charge in [0.2, 0.25) is 0 Å². The van der Waals surface area contributed by atoms with Crippen molar-refractivity contribution < 1.29 is 19.1 Å². The zero-order valence-electron chi connectivity index (χ0n) is 15.3. The first-order valence-corrected chi connectivity index (χ1v) is 9.61. The first kappa shape index (κ1) is 20.6. The van der Waals surface area contributed by atoms with Crippen molar-refractivity contribution in [2.45, 2.75) is 6.61 Å². The molecule has 0 aliphatic carbocycles. The van der Waals surface area contributed by atoms with Crippen molar-refractivity contribution in [2.75, 3.05) is 7.11 Å². The molecule has 0 unspecified atom stereocenters. The summed E-state index contributed by atoms with van der Waals surface area (Å²) >= 11 is 7.07. The summed E-state index contributed by atoms with van der Waals surface area (Å²) in [7, 11) is 1.23. The Bertz CT molecular complexity index is 1010. The normalized spacial score (nSPS) is 16.4. The number of nitrogens with one attached hydrogen (secondary N) is 1. The number of carbonyl (C=O) groups is 2. The lowest BCUT2D eigenvalue weighted by molar-refractivity contribution is -0.135. The first-order chi connectivity index (χ1) is 14.0. The van der Waals surface area contributed by atoms with Crippen LogP contribution in [0.4, 0.5) is 0 Å². The van der Waals surface area contributed by atoms with Crippen LogP contribution in [0.15, 0.2) is 69.7 Å². The third kappa shape index (κ3) is 5.94. The van der Waals surface area contributed by atoms with Gasteiger partial charge in [-0.25, -0.2) is 4.79 Å². The number of ether oxygens (including phenoxy) is 2. The Morgan fingerprint density at radius 1 is 1.24 bits per heavy atom. The highest BCUT2D eigenvalue weighted by Gasteiger charge is 2.25. The maximum Gasteiger partial charge on any atom is 0.331 e. The van der Waals surface area contributed by atoms with Crippen LogP contribution in [0.2, 0.25) is 5.02 Å². The molecule has 9 heteroatoms. The smallest absolute Gasteiger partial charge is 0.331 e. The van der Waals surface area contributed by atoms with E-state index in [1.54, 1.807) is 18.2 Å². The second-order valence-electron chi connectivity index (χ2n) is 5.69. The SMILES string of the molecule is COC(=O)/C=C1/S/C(=N\N=Cc2cc(Cl)ccc2OCc2ccccc2)NC1=O. The minimum Gasteiger partial charge on any atom is -0.488 e. The van der Waals surface area contributed by atoms with Gasteiger partial charge in [-0.3, -0.25) is 10.1 Å². The molecule has 0 bridgehead atoms. The monoisotopic (exact) mass is 429 g/mol. The van der Waals surface area contributed by atoms with Gasteiger partial charge in [-0.1, -0.05) is 41.9 Å². The summed E-state index contributed by atoms with van der Waals surface area (Å²) in [6.45, 7) is 0.394. The van der Waals surface area contributed by atoms with E-state index in [4.69, 9.17) is 16.3 Å². The first-order valence-electron chi connectivity index (χ1n) is 8.41. The van der Waals surface area contributed by atoms with Gasteiger partial charge in [-0.2, -0.15) is 5.10 Å². The molecule has 0 atom stereocenters. The number of esters is 1. The van der Waals surface area contributed by atoms with Crippen molar-refractivity contribution >= 4 is 46.6 Å². The Kier molecular flexibility index (Phi) is 7.04. The van der Waals surface area contributed by atoms with E-state index in [0.29, 0.717) is 22.9 Å². The predicted molar refractivity (Wildman–Crippen MR) is 113 cm³/mol. The zero-order valence-corrected chi connectivity index (χ0v) is 16.9. The summed E-state index contributed by atoms with van der Waals surface area (Å²) in [5, 5.41) is 11.3. The number of halogens is 1. The van der Waals surface area contributed by atoms with Crippen LogP contribution in [0.1, 0.15) is 11.1 Å². The Morgan fingerprint density at radius 2 is 2.03 bits per heavy atom. The maximum atomic E-state index is 11.8. The van der Waals surface area contributed by atoms with E-state index in [2.05, 4.69) is 20.3 Å². The average Bonchev–Trinajstić information content (AvgIpc) is 3.07. The molecule has 0 spiro atoms. The standard InChI is InChI=1S/C20H16ClN3O4S/c1-27-18(25)10-17-19(26)23-20(29-17)24-22-11-14-9-15(21)7-8-16(14)28-12-13-5-3-2-4-6-13/h2-11H,12H2,1H3,(H,23,24,26)/b17-10+,22-11?. The third-order valence-electron chi connectivity index (χ3n) is 3.66. The molecule has 1 N–H and O–H groups in total. The molecule has 0 radical (unpaired) electrons. The number of benzene rings is 2. The van der Waals surface area contributed by atoms with E-state index >= 15 is 0 Å². The maximum absolute atomic E-state index is 11.8. The molecule has 1 aliphatic rings. The number of rotatable bonds is 6. The Balaban J connectivity index is 1.71. The molecule has 2 aromatic rings. The van der Waals surface area contributed by atoms with Crippen molar-refractivity contribution in [3.63, 3.8) is 0 Å². The van der Waals surface area contributed by atoms with Gasteiger partial charge in [0.1, 0.15) is 12.4 Å². The highest BCUT2D eigenvalue weighted by atomic mass is 35.5. The fourth-order valence-corrected chi connectivity index (χ4v) is 3.19. The van der Waals surface area contributed by atoms with Gasteiger partial charge in [0.05, 0.1) is 18.2 Å². The van der Waals surface area contributed by atoms with Crippen molar-refractivity contribution in [2.24, 2.45) is 10.2 Å². The molecular formula is C20H16ClN3O4S. The molecule has 1 aliphatic heterocycles. The highest BCUT2D eigenvalue weighted by Crippen LogP contribution is 2.24. The number of amidine groups is 1. The number of thioether (sulfide) groups is 1. The molecule has 1 saturated heterocycles. The number of nitrogens with zero attached hydrogens (tertiary/aromatic N) is 2. The molecule has 1 amide bonds. The van der Waals surface area contributed by atoms with Gasteiger partial charge in [0.25, 0.3) is 5.91 Å². The van der Waals surface area contributed by atoms with E-state index in [-0.39, 0.29) is 10.1 Å². The summed E-state index contributed by atoms with van der Waals surface area (Å²) in [6.07, 6.45) is 2.58. The van der Waals surface area contributed by atoms with Gasteiger partial charge in [0.15, 0.2) is 5.17 Å². The van der Waals surface area contributed by atoms with Gasteiger partial charge in [-0.05, 0) is 35.5 Å². The summed E-state index contributed by atoms with van der Waals surface area (Å²) < 4.78 is 10.4. The van der Waals surface area contributed by atoms with Crippen LogP contribution >= 0.6 is 23.4 Å². The van der Waals surface area contributed by atoms with E-state index in [0.717, 1.165) is 23.4 Å². The minimum absolute atomic E-state index is 0.181. The Labute approximate surface area is 176 Å². The predicted octanol–water partition coefficient (Wildman–Crippen LogP) is 3.53. The number of carbonyl (C=O) groups excluding carboxylic acids is 2. The van der Waals surface area contributed by atoms with E-state index in [1.807, 2.05) is 30.3 Å². The van der Waals surface area contributed by atoms with Crippen molar-refractivity contribution in [1.29, 1.82) is 0 Å². The minimum atomic E-state index is -0.619. The lowest BCUT2D eigenvalue weighted by atomic mass is 10.2. The number of hydrogen-bond acceptors (Lipinski definition) is 7. The van der Waals surface area contributed by atoms with Crippen molar-refractivity contribution in [3.05, 3.63) is 75.7 Å².